The van der Waals surface area contributed by atoms with E-state index in [-0.39, 0.29) is 5.38 Å². The summed E-state index contributed by atoms with van der Waals surface area (Å²) in [7, 11) is 0. The smallest absolute Gasteiger partial charge is 0.0544 e. The number of aromatic nitrogens is 1. The van der Waals surface area contributed by atoms with Crippen LogP contribution < -0.4 is 5.32 Å². The normalized spacial score (nSPS) is 13.1. The van der Waals surface area contributed by atoms with Gasteiger partial charge in [0.2, 0.25) is 0 Å². The van der Waals surface area contributed by atoms with Crippen molar-refractivity contribution in [3.63, 3.8) is 0 Å². The van der Waals surface area contributed by atoms with Crippen LogP contribution in [0.4, 0.5) is 0 Å². The molecule has 1 atom stereocenters. The van der Waals surface area contributed by atoms with E-state index in [0.717, 1.165) is 24.5 Å². The molecule has 3 heteroatoms. The van der Waals surface area contributed by atoms with Gasteiger partial charge in [0.15, 0.2) is 0 Å². The summed E-state index contributed by atoms with van der Waals surface area (Å²) in [5.74, 6) is 0.504. The largest absolute Gasteiger partial charge is 0.310 e. The Kier molecular flexibility index (Phi) is 5.06. The van der Waals surface area contributed by atoms with Crippen LogP contribution in [0.15, 0.2) is 18.2 Å². The van der Waals surface area contributed by atoms with Crippen molar-refractivity contribution in [1.29, 1.82) is 0 Å². The molecule has 0 saturated heterocycles. The second-order valence-corrected chi connectivity index (χ2v) is 4.72. The van der Waals surface area contributed by atoms with E-state index in [2.05, 4.69) is 24.1 Å². The van der Waals surface area contributed by atoms with Crippen LogP contribution in [0.2, 0.25) is 0 Å². The molecule has 1 aromatic heterocycles. The maximum atomic E-state index is 6.13. The molecule has 15 heavy (non-hydrogen) atoms. The Bertz CT molecular complexity index is 299. The summed E-state index contributed by atoms with van der Waals surface area (Å²) < 4.78 is 0. The van der Waals surface area contributed by atoms with Crippen LogP contribution in [0.1, 0.15) is 25.2 Å². The number of rotatable bonds is 5. The van der Waals surface area contributed by atoms with Gasteiger partial charge in [-0.1, -0.05) is 19.9 Å². The van der Waals surface area contributed by atoms with Gasteiger partial charge in [0.05, 0.1) is 5.69 Å². The van der Waals surface area contributed by atoms with Crippen molar-refractivity contribution < 1.29 is 0 Å². The van der Waals surface area contributed by atoms with Gasteiger partial charge in [-0.05, 0) is 25.0 Å². The Balaban J connectivity index is 2.32. The molecule has 0 bridgehead atoms. The van der Waals surface area contributed by atoms with Gasteiger partial charge in [-0.3, -0.25) is 4.98 Å². The van der Waals surface area contributed by atoms with Crippen molar-refractivity contribution in [2.24, 2.45) is 5.92 Å². The molecule has 0 fully saturated rings. The summed E-state index contributed by atoms with van der Waals surface area (Å²) in [6, 6.07) is 6.06. The second-order valence-electron chi connectivity index (χ2n) is 4.16. The first-order chi connectivity index (χ1) is 7.09. The predicted molar refractivity (Wildman–Crippen MR) is 65.2 cm³/mol. The fraction of sp³-hybridized carbons (Fsp3) is 0.583. The molecule has 1 aromatic rings. The molecule has 84 valence electrons. The zero-order chi connectivity index (χ0) is 11.3. The van der Waals surface area contributed by atoms with Crippen LogP contribution in [0.25, 0.3) is 0 Å². The molecular weight excluding hydrogens is 208 g/mol. The Morgan fingerprint density at radius 1 is 1.40 bits per heavy atom. The summed E-state index contributed by atoms with van der Waals surface area (Å²) in [5, 5.41) is 3.51. The highest BCUT2D eigenvalue weighted by molar-refractivity contribution is 6.20. The first kappa shape index (κ1) is 12.5. The van der Waals surface area contributed by atoms with Gasteiger partial charge in [0, 0.05) is 24.2 Å². The third-order valence-electron chi connectivity index (χ3n) is 2.31. The number of nitrogens with zero attached hydrogens (tertiary/aromatic N) is 1. The number of hydrogen-bond donors (Lipinski definition) is 1. The first-order valence-electron chi connectivity index (χ1n) is 5.37. The fourth-order valence-electron chi connectivity index (χ4n) is 1.27. The lowest BCUT2D eigenvalue weighted by Gasteiger charge is -2.13. The van der Waals surface area contributed by atoms with E-state index in [1.807, 2.05) is 25.1 Å². The predicted octanol–water partition coefficient (Wildman–Crippen LogP) is 2.74. The average Bonchev–Trinajstić information content (AvgIpc) is 2.17. The molecule has 0 aliphatic heterocycles. The summed E-state index contributed by atoms with van der Waals surface area (Å²) in [6.45, 7) is 7.88. The molecule has 0 saturated carbocycles. The maximum Gasteiger partial charge on any atom is 0.0544 e. The number of halogens is 1. The van der Waals surface area contributed by atoms with Crippen molar-refractivity contribution >= 4 is 11.6 Å². The number of nitrogens with one attached hydrogen (secondary N) is 1. The highest BCUT2D eigenvalue weighted by atomic mass is 35.5. The standard InChI is InChI=1S/C12H19ClN2/c1-9(2)12(13)8-14-7-11-6-4-5-10(3)15-11/h4-6,9,12,14H,7-8H2,1-3H3. The molecule has 1 unspecified atom stereocenters. The molecule has 0 spiro atoms. The summed E-state index contributed by atoms with van der Waals surface area (Å²) in [5.41, 5.74) is 2.13. The van der Waals surface area contributed by atoms with Gasteiger partial charge in [-0.15, -0.1) is 11.6 Å². The van der Waals surface area contributed by atoms with Crippen molar-refractivity contribution in [1.82, 2.24) is 10.3 Å². The molecular formula is C12H19ClN2. The third kappa shape index (κ3) is 4.63. The summed E-state index contributed by atoms with van der Waals surface area (Å²) >= 11 is 6.13. The molecule has 0 amide bonds. The van der Waals surface area contributed by atoms with Crippen LogP contribution in [0, 0.1) is 12.8 Å². The number of alkyl halides is 1. The molecule has 0 radical (unpaired) electrons. The minimum Gasteiger partial charge on any atom is -0.310 e. The van der Waals surface area contributed by atoms with E-state index >= 15 is 0 Å². The Hall–Kier alpha value is -0.600. The lowest BCUT2D eigenvalue weighted by molar-refractivity contribution is 0.543. The van der Waals surface area contributed by atoms with E-state index < -0.39 is 0 Å². The molecule has 1 heterocycles. The molecule has 2 nitrogen and oxygen atoms in total. The minimum atomic E-state index is 0.190. The summed E-state index contributed by atoms with van der Waals surface area (Å²) in [4.78, 5) is 4.41. The first-order valence-corrected chi connectivity index (χ1v) is 5.80. The van der Waals surface area contributed by atoms with E-state index in [1.165, 1.54) is 0 Å². The van der Waals surface area contributed by atoms with Crippen LogP contribution in [-0.4, -0.2) is 16.9 Å². The van der Waals surface area contributed by atoms with Crippen molar-refractivity contribution in [3.05, 3.63) is 29.6 Å². The van der Waals surface area contributed by atoms with E-state index in [1.54, 1.807) is 0 Å². The number of hydrogen-bond acceptors (Lipinski definition) is 2. The molecule has 1 rings (SSSR count). The van der Waals surface area contributed by atoms with Crippen LogP contribution in [0.3, 0.4) is 0 Å². The summed E-state index contributed by atoms with van der Waals surface area (Å²) in [6.07, 6.45) is 0. The van der Waals surface area contributed by atoms with Gasteiger partial charge in [0.25, 0.3) is 0 Å². The van der Waals surface area contributed by atoms with E-state index in [0.29, 0.717) is 5.92 Å². The topological polar surface area (TPSA) is 24.9 Å². The zero-order valence-corrected chi connectivity index (χ0v) is 10.4. The minimum absolute atomic E-state index is 0.190. The lowest BCUT2D eigenvalue weighted by Crippen LogP contribution is -2.26. The molecule has 0 aliphatic rings. The highest BCUT2D eigenvalue weighted by Crippen LogP contribution is 2.07. The quantitative estimate of drug-likeness (QED) is 0.781. The van der Waals surface area contributed by atoms with Gasteiger partial charge in [-0.25, -0.2) is 0 Å². The fourth-order valence-corrected chi connectivity index (χ4v) is 1.38. The highest BCUT2D eigenvalue weighted by Gasteiger charge is 2.08. The van der Waals surface area contributed by atoms with Gasteiger partial charge >= 0.3 is 0 Å². The molecule has 0 aromatic carbocycles. The molecule has 1 N–H and O–H groups in total. The van der Waals surface area contributed by atoms with Crippen LogP contribution in [0.5, 0.6) is 0 Å². The Morgan fingerprint density at radius 3 is 2.73 bits per heavy atom. The maximum absolute atomic E-state index is 6.13. The van der Waals surface area contributed by atoms with Crippen molar-refractivity contribution in [3.8, 4) is 0 Å². The molecule has 0 aliphatic carbocycles. The number of aryl methyl sites for hydroxylation is 1. The number of pyridine rings is 1. The third-order valence-corrected chi connectivity index (χ3v) is 2.97. The zero-order valence-electron chi connectivity index (χ0n) is 9.63. The van der Waals surface area contributed by atoms with Gasteiger partial charge < -0.3 is 5.32 Å². The lowest BCUT2D eigenvalue weighted by atomic mass is 10.1. The van der Waals surface area contributed by atoms with Gasteiger partial charge in [0.1, 0.15) is 0 Å². The van der Waals surface area contributed by atoms with Crippen molar-refractivity contribution in [2.45, 2.75) is 32.7 Å². The van der Waals surface area contributed by atoms with E-state index in [4.69, 9.17) is 11.6 Å². The Morgan fingerprint density at radius 2 is 2.13 bits per heavy atom. The average molecular weight is 227 g/mol. The second kappa shape index (κ2) is 6.09. The van der Waals surface area contributed by atoms with Crippen LogP contribution >= 0.6 is 11.6 Å². The monoisotopic (exact) mass is 226 g/mol. The SMILES string of the molecule is Cc1cccc(CNCC(Cl)C(C)C)n1. The van der Waals surface area contributed by atoms with Crippen LogP contribution in [-0.2, 0) is 6.54 Å². The van der Waals surface area contributed by atoms with Crippen molar-refractivity contribution in [2.75, 3.05) is 6.54 Å². The Labute approximate surface area is 97.1 Å². The van der Waals surface area contributed by atoms with Gasteiger partial charge in [-0.2, -0.15) is 0 Å². The van der Waals surface area contributed by atoms with E-state index in [9.17, 15) is 0 Å².